The van der Waals surface area contributed by atoms with Crippen LogP contribution in [0, 0.1) is 0 Å². The van der Waals surface area contributed by atoms with Crippen LogP contribution in [0.3, 0.4) is 0 Å². The van der Waals surface area contributed by atoms with Crippen LogP contribution in [0.25, 0.3) is 0 Å². The maximum absolute atomic E-state index is 4.01. The van der Waals surface area contributed by atoms with E-state index in [1.165, 1.54) is 68.8 Å². The standard InChI is InChI=1S/C42H42P4Se/c47-46(34-31-43(37-19-7-1-8-20-37)38-21-9-2-10-22-38,35-32-44(39-23-11-3-12-24-39)40-25-13-4-14-26-40)36-33-45(41-27-15-5-16-28-41)42-29-17-6-18-30-42/h1-30H,31-36H2. The molecule has 5 heteroatoms. The Balaban J connectivity index is 1.31. The van der Waals surface area contributed by atoms with Crippen molar-refractivity contribution < 1.29 is 0 Å². The quantitative estimate of drug-likeness (QED) is 0.0731. The topological polar surface area (TPSA) is 0 Å². The molecule has 0 fully saturated rings. The molecular formula is C42H42P4Se. The molecule has 0 N–H and O–H groups in total. The van der Waals surface area contributed by atoms with Crippen LogP contribution in [0.15, 0.2) is 182 Å². The van der Waals surface area contributed by atoms with Gasteiger partial charge in [0.15, 0.2) is 0 Å². The zero-order valence-electron chi connectivity index (χ0n) is 26.8. The normalized spacial score (nSPS) is 11.7. The summed E-state index contributed by atoms with van der Waals surface area (Å²) in [5.41, 5.74) is -1.43. The molecule has 0 nitrogen and oxygen atoms in total. The van der Waals surface area contributed by atoms with Gasteiger partial charge in [-0.25, -0.2) is 0 Å². The molecule has 0 bridgehead atoms. The van der Waals surface area contributed by atoms with Gasteiger partial charge < -0.3 is 0 Å². The fourth-order valence-corrected chi connectivity index (χ4v) is 23.8. The molecule has 0 saturated carbocycles. The van der Waals surface area contributed by atoms with Crippen LogP contribution in [0.4, 0.5) is 0 Å². The van der Waals surface area contributed by atoms with E-state index >= 15 is 0 Å². The second-order valence-electron chi connectivity index (χ2n) is 11.7. The van der Waals surface area contributed by atoms with E-state index in [-0.39, 0.29) is 0 Å². The van der Waals surface area contributed by atoms with E-state index in [9.17, 15) is 0 Å². The zero-order chi connectivity index (χ0) is 32.2. The van der Waals surface area contributed by atoms with Gasteiger partial charge in [-0.1, -0.05) is 0 Å². The summed E-state index contributed by atoms with van der Waals surface area (Å²) in [7, 11) is -1.27. The summed E-state index contributed by atoms with van der Waals surface area (Å²) in [4.78, 5) is 0. The summed E-state index contributed by atoms with van der Waals surface area (Å²) in [5, 5.41) is 8.95. The van der Waals surface area contributed by atoms with Gasteiger partial charge in [-0.2, -0.15) is 0 Å². The first-order valence-corrected chi connectivity index (χ1v) is 25.5. The molecule has 0 aliphatic carbocycles. The summed E-state index contributed by atoms with van der Waals surface area (Å²) in [5.74, 6) is 0. The van der Waals surface area contributed by atoms with E-state index in [4.69, 9.17) is 0 Å². The first-order valence-electron chi connectivity index (χ1n) is 16.4. The fraction of sp³-hybridized carbons (Fsp3) is 0.143. The molecule has 236 valence electrons. The summed E-state index contributed by atoms with van der Waals surface area (Å²) in [6, 6.07) is 67.7. The number of rotatable bonds is 15. The van der Waals surface area contributed by atoms with Gasteiger partial charge in [-0.3, -0.25) is 0 Å². The third-order valence-electron chi connectivity index (χ3n) is 8.60. The average Bonchev–Trinajstić information content (AvgIpc) is 3.15. The predicted molar refractivity (Wildman–Crippen MR) is 219 cm³/mol. The van der Waals surface area contributed by atoms with Crippen LogP contribution in [0.2, 0.25) is 0 Å². The number of hydrogen-bond acceptors (Lipinski definition) is 0. The van der Waals surface area contributed by atoms with E-state index in [2.05, 4.69) is 197 Å². The molecule has 0 aromatic heterocycles. The Morgan fingerprint density at radius 1 is 0.298 bits per heavy atom. The van der Waals surface area contributed by atoms with Crippen molar-refractivity contribution in [2.75, 3.05) is 37.0 Å². The van der Waals surface area contributed by atoms with E-state index in [0.717, 1.165) is 0 Å². The monoisotopic (exact) mass is 750 g/mol. The molecule has 0 amide bonds. The molecule has 0 atom stereocenters. The van der Waals surface area contributed by atoms with E-state index in [1.54, 1.807) is 0 Å². The van der Waals surface area contributed by atoms with E-state index in [1.807, 2.05) is 0 Å². The molecule has 0 spiro atoms. The third kappa shape index (κ3) is 9.81. The first kappa shape index (κ1) is 34.4. The second-order valence-corrected chi connectivity index (χ2v) is 27.0. The Morgan fingerprint density at radius 2 is 0.468 bits per heavy atom. The predicted octanol–water partition coefficient (Wildman–Crippen LogP) is 8.49. The molecule has 0 aliphatic rings. The van der Waals surface area contributed by atoms with Gasteiger partial charge >= 0.3 is 295 Å². The molecule has 6 rings (SSSR count). The second kappa shape index (κ2) is 17.8. The van der Waals surface area contributed by atoms with Gasteiger partial charge in [0.2, 0.25) is 0 Å². The van der Waals surface area contributed by atoms with Crippen molar-refractivity contribution in [1.82, 2.24) is 0 Å². The minimum atomic E-state index is -1.43. The fourth-order valence-electron chi connectivity index (χ4n) is 6.05. The maximum atomic E-state index is 4.01. The average molecular weight is 750 g/mol. The van der Waals surface area contributed by atoms with Gasteiger partial charge in [0.05, 0.1) is 0 Å². The SMILES string of the molecule is [Se]=P(CCP(c1ccccc1)c1ccccc1)(CCP(c1ccccc1)c1ccccc1)CCP(c1ccccc1)c1ccccc1. The van der Waals surface area contributed by atoms with Gasteiger partial charge in [-0.05, 0) is 0 Å². The van der Waals surface area contributed by atoms with Crippen molar-refractivity contribution in [2.24, 2.45) is 0 Å². The van der Waals surface area contributed by atoms with Gasteiger partial charge in [0.25, 0.3) is 0 Å². The van der Waals surface area contributed by atoms with Gasteiger partial charge in [-0.15, -0.1) is 0 Å². The zero-order valence-corrected chi connectivity index (χ0v) is 32.1. The molecule has 0 radical (unpaired) electrons. The summed E-state index contributed by atoms with van der Waals surface area (Å²) < 4.78 is 0. The van der Waals surface area contributed by atoms with E-state index < -0.39 is 29.3 Å². The molecule has 47 heavy (non-hydrogen) atoms. The van der Waals surface area contributed by atoms with Crippen molar-refractivity contribution in [1.29, 1.82) is 0 Å². The number of hydrogen-bond donors (Lipinski definition) is 0. The van der Waals surface area contributed by atoms with Crippen molar-refractivity contribution >= 4 is 76.2 Å². The summed E-state index contributed by atoms with van der Waals surface area (Å²) in [6.45, 7) is 0. The van der Waals surface area contributed by atoms with Crippen LogP contribution in [0.1, 0.15) is 0 Å². The molecule has 0 unspecified atom stereocenters. The molecule has 6 aromatic rings. The Kier molecular flexibility index (Phi) is 13.0. The molecular weight excluding hydrogens is 707 g/mol. The third-order valence-corrected chi connectivity index (χ3v) is 23.8. The molecule has 6 aromatic carbocycles. The Bertz CT molecular complexity index is 1470. The van der Waals surface area contributed by atoms with Crippen molar-refractivity contribution in [3.63, 3.8) is 0 Å². The van der Waals surface area contributed by atoms with Crippen molar-refractivity contribution in [2.45, 2.75) is 0 Å². The van der Waals surface area contributed by atoms with Crippen LogP contribution in [0.5, 0.6) is 0 Å². The first-order chi connectivity index (χ1) is 23.2. The van der Waals surface area contributed by atoms with Crippen LogP contribution in [-0.4, -0.2) is 52.1 Å². The van der Waals surface area contributed by atoms with Crippen molar-refractivity contribution in [3.05, 3.63) is 182 Å². The molecule has 0 aliphatic heterocycles. The van der Waals surface area contributed by atoms with Gasteiger partial charge in [0, 0.05) is 0 Å². The minimum absolute atomic E-state index is 0.424. The summed E-state index contributed by atoms with van der Waals surface area (Å²) >= 11 is 4.01. The van der Waals surface area contributed by atoms with Crippen LogP contribution >= 0.6 is 29.3 Å². The molecule has 0 saturated heterocycles. The Morgan fingerprint density at radius 3 is 0.638 bits per heavy atom. The van der Waals surface area contributed by atoms with Crippen molar-refractivity contribution in [3.8, 4) is 0 Å². The van der Waals surface area contributed by atoms with Crippen LogP contribution in [-0.2, 0) is 0 Å². The Labute approximate surface area is 293 Å². The molecule has 0 heterocycles. The van der Waals surface area contributed by atoms with E-state index in [0.29, 0.717) is 0 Å². The summed E-state index contributed by atoms with van der Waals surface area (Å²) in [6.07, 6.45) is 7.53. The number of benzene rings is 6. The Hall–Kier alpha value is -2.44. The van der Waals surface area contributed by atoms with Crippen LogP contribution < -0.4 is 31.8 Å². The van der Waals surface area contributed by atoms with Gasteiger partial charge in [0.1, 0.15) is 0 Å².